The molecule has 2 atom stereocenters. The smallest absolute Gasteiger partial charge is 0.407 e. The van der Waals surface area contributed by atoms with Crippen LogP contribution in [-0.2, 0) is 14.3 Å². The summed E-state index contributed by atoms with van der Waals surface area (Å²) in [6.45, 7) is 0.627. The molecule has 2 aromatic rings. The van der Waals surface area contributed by atoms with Crippen molar-refractivity contribution >= 4 is 16.2 Å². The lowest BCUT2D eigenvalue weighted by Crippen LogP contribution is -2.57. The Morgan fingerprint density at radius 1 is 1.20 bits per heavy atom. The molecule has 1 aliphatic rings. The van der Waals surface area contributed by atoms with E-state index < -0.39 is 22.3 Å². The topological polar surface area (TPSA) is 111 Å². The lowest BCUT2D eigenvalue weighted by Gasteiger charge is -2.44. The lowest BCUT2D eigenvalue weighted by atomic mass is 9.93. The van der Waals surface area contributed by atoms with Crippen LogP contribution in [0.3, 0.4) is 0 Å². The third kappa shape index (κ3) is 5.36. The molecule has 0 spiro atoms. The monoisotopic (exact) mass is 429 g/mol. The summed E-state index contributed by atoms with van der Waals surface area (Å²) < 4.78 is 28.2. The minimum atomic E-state index is -3.69. The third-order valence-electron chi connectivity index (χ3n) is 5.05. The summed E-state index contributed by atoms with van der Waals surface area (Å²) >= 11 is 0. The first-order valence-electron chi connectivity index (χ1n) is 9.41. The highest BCUT2D eigenvalue weighted by Gasteiger charge is 2.36. The number of amides is 1. The molecule has 158 valence electrons. The predicted octanol–water partition coefficient (Wildman–Crippen LogP) is 2.29. The largest absolute Gasteiger partial charge is 0.465 e. The van der Waals surface area contributed by atoms with Gasteiger partial charge in [-0.25, -0.2) is 4.79 Å². The van der Waals surface area contributed by atoms with Crippen LogP contribution >= 0.6 is 0 Å². The van der Waals surface area contributed by atoms with Gasteiger partial charge >= 0.3 is 6.09 Å². The fraction of sp³-hybridized carbons (Fsp3) is 0.333. The zero-order valence-corrected chi connectivity index (χ0v) is 17.3. The molecular weight excluding hydrogens is 406 g/mol. The number of nitrogens with zero attached hydrogens (tertiary/aromatic N) is 3. The Balaban J connectivity index is 2.02. The van der Waals surface area contributed by atoms with Gasteiger partial charge in [0.1, 0.15) is 0 Å². The van der Waals surface area contributed by atoms with E-state index in [1.165, 1.54) is 4.90 Å². The maximum absolute atomic E-state index is 11.6. The molecule has 1 saturated heterocycles. The summed E-state index contributed by atoms with van der Waals surface area (Å²) in [7, 11) is -3.69. The first kappa shape index (κ1) is 21.8. The zero-order valence-electron chi connectivity index (χ0n) is 16.5. The summed E-state index contributed by atoms with van der Waals surface area (Å²) in [6, 6.07) is 18.3. The predicted molar refractivity (Wildman–Crippen MR) is 110 cm³/mol. The van der Waals surface area contributed by atoms with Crippen molar-refractivity contribution in [3.8, 4) is 6.07 Å². The Kier molecular flexibility index (Phi) is 6.72. The molecule has 0 aliphatic carbocycles. The fourth-order valence-corrected chi connectivity index (χ4v) is 4.13. The second-order valence-corrected chi connectivity index (χ2v) is 8.80. The second kappa shape index (κ2) is 9.26. The van der Waals surface area contributed by atoms with E-state index >= 15 is 0 Å². The maximum atomic E-state index is 11.6. The van der Waals surface area contributed by atoms with Crippen LogP contribution in [0, 0.1) is 11.3 Å². The Labute approximate surface area is 176 Å². The highest BCUT2D eigenvalue weighted by Crippen LogP contribution is 2.32. The summed E-state index contributed by atoms with van der Waals surface area (Å²) in [4.78, 5) is 14.8. The summed E-state index contributed by atoms with van der Waals surface area (Å²) in [5.74, 6) is 0. The molecule has 1 unspecified atom stereocenters. The second-order valence-electron chi connectivity index (χ2n) is 7.16. The number of carboxylic acid groups (broad SMARTS) is 1. The maximum Gasteiger partial charge on any atom is 0.407 e. The first-order valence-corrected chi connectivity index (χ1v) is 11.2. The third-order valence-corrected chi connectivity index (χ3v) is 5.62. The van der Waals surface area contributed by atoms with Crippen LogP contribution in [0.2, 0.25) is 0 Å². The normalized spacial score (nSPS) is 18.5. The van der Waals surface area contributed by atoms with E-state index in [0.717, 1.165) is 17.4 Å². The highest BCUT2D eigenvalue weighted by atomic mass is 32.2. The Bertz CT molecular complexity index is 1040. The van der Waals surface area contributed by atoms with Crippen LogP contribution in [0.1, 0.15) is 22.7 Å². The van der Waals surface area contributed by atoms with Crippen molar-refractivity contribution < 1.29 is 22.5 Å². The number of benzene rings is 2. The summed E-state index contributed by atoms with van der Waals surface area (Å²) in [5.41, 5.74) is 2.34. The standard InChI is InChI=1S/C21H23N3O5S/c1-30(27,28)29-15-19-14-23(21(25)26)10-11-24(19)20(17-7-3-2-4-8-17)18-9-5-6-16(12-18)13-22/h2-9,12,19-20H,10-11,14-15H2,1H3,(H,25,26)/t19-,20?/m0/s1. The molecule has 9 heteroatoms. The minimum absolute atomic E-state index is 0.117. The van der Waals surface area contributed by atoms with Gasteiger partial charge in [-0.2, -0.15) is 13.7 Å². The number of nitriles is 1. The molecule has 0 bridgehead atoms. The van der Waals surface area contributed by atoms with E-state index in [0.29, 0.717) is 12.1 Å². The molecule has 0 saturated carbocycles. The van der Waals surface area contributed by atoms with Gasteiger partial charge in [0.15, 0.2) is 0 Å². The van der Waals surface area contributed by atoms with Gasteiger partial charge < -0.3 is 10.0 Å². The molecule has 0 aromatic heterocycles. The van der Waals surface area contributed by atoms with E-state index in [-0.39, 0.29) is 25.7 Å². The van der Waals surface area contributed by atoms with E-state index in [9.17, 15) is 23.6 Å². The molecule has 1 heterocycles. The quantitative estimate of drug-likeness (QED) is 0.701. The molecule has 3 rings (SSSR count). The average Bonchev–Trinajstić information content (AvgIpc) is 2.73. The number of rotatable bonds is 6. The van der Waals surface area contributed by atoms with Crippen molar-refractivity contribution in [2.75, 3.05) is 32.5 Å². The number of hydrogen-bond donors (Lipinski definition) is 1. The summed E-state index contributed by atoms with van der Waals surface area (Å²) in [5, 5.41) is 18.7. The average molecular weight is 429 g/mol. The molecule has 30 heavy (non-hydrogen) atoms. The van der Waals surface area contributed by atoms with Gasteiger partial charge in [-0.3, -0.25) is 9.08 Å². The van der Waals surface area contributed by atoms with E-state index in [4.69, 9.17) is 4.18 Å². The molecule has 8 nitrogen and oxygen atoms in total. The zero-order chi connectivity index (χ0) is 21.7. The molecule has 0 radical (unpaired) electrons. The van der Waals surface area contributed by atoms with Gasteiger partial charge in [0.05, 0.1) is 36.6 Å². The van der Waals surface area contributed by atoms with Gasteiger partial charge in [0.2, 0.25) is 0 Å². The van der Waals surface area contributed by atoms with Crippen molar-refractivity contribution in [2.45, 2.75) is 12.1 Å². The SMILES string of the molecule is CS(=O)(=O)OC[C@@H]1CN(C(=O)O)CCN1C(c1ccccc1)c1cccc(C#N)c1. The van der Waals surface area contributed by atoms with Crippen LogP contribution in [0.25, 0.3) is 0 Å². The molecule has 1 N–H and O–H groups in total. The number of piperazine rings is 1. The summed E-state index contributed by atoms with van der Waals surface area (Å²) in [6.07, 6.45) is -0.0815. The number of hydrogen-bond acceptors (Lipinski definition) is 6. The van der Waals surface area contributed by atoms with Crippen LogP contribution in [0.4, 0.5) is 4.79 Å². The first-order chi connectivity index (χ1) is 14.3. The van der Waals surface area contributed by atoms with Crippen molar-refractivity contribution in [3.05, 3.63) is 71.3 Å². The lowest BCUT2D eigenvalue weighted by molar-refractivity contribution is 0.0309. The molecular formula is C21H23N3O5S. The fourth-order valence-electron chi connectivity index (χ4n) is 3.72. The van der Waals surface area contributed by atoms with Gasteiger partial charge in [-0.1, -0.05) is 42.5 Å². The highest BCUT2D eigenvalue weighted by molar-refractivity contribution is 7.85. The minimum Gasteiger partial charge on any atom is -0.465 e. The van der Waals surface area contributed by atoms with Crippen LogP contribution in [0.5, 0.6) is 0 Å². The Hall–Kier alpha value is -2.93. The van der Waals surface area contributed by atoms with Crippen LogP contribution in [0.15, 0.2) is 54.6 Å². The van der Waals surface area contributed by atoms with Gasteiger partial charge in [-0.15, -0.1) is 0 Å². The molecule has 1 amide bonds. The van der Waals surface area contributed by atoms with Crippen molar-refractivity contribution in [1.29, 1.82) is 5.26 Å². The van der Waals surface area contributed by atoms with E-state index in [1.54, 1.807) is 18.2 Å². The van der Waals surface area contributed by atoms with Gasteiger partial charge in [0, 0.05) is 19.6 Å². The van der Waals surface area contributed by atoms with E-state index in [1.807, 2.05) is 36.4 Å². The molecule has 2 aromatic carbocycles. The van der Waals surface area contributed by atoms with Gasteiger partial charge in [0.25, 0.3) is 10.1 Å². The van der Waals surface area contributed by atoms with Crippen molar-refractivity contribution in [3.63, 3.8) is 0 Å². The number of carbonyl (C=O) groups is 1. The van der Waals surface area contributed by atoms with Crippen molar-refractivity contribution in [1.82, 2.24) is 9.80 Å². The van der Waals surface area contributed by atoms with Gasteiger partial charge in [-0.05, 0) is 23.3 Å². The van der Waals surface area contributed by atoms with Crippen LogP contribution < -0.4 is 0 Å². The molecule has 1 fully saturated rings. The van der Waals surface area contributed by atoms with Crippen molar-refractivity contribution in [2.24, 2.45) is 0 Å². The molecule has 1 aliphatic heterocycles. The Morgan fingerprint density at radius 2 is 1.90 bits per heavy atom. The van der Waals surface area contributed by atoms with Crippen LogP contribution in [-0.4, -0.2) is 68.0 Å². The van der Waals surface area contributed by atoms with E-state index in [2.05, 4.69) is 11.0 Å². The Morgan fingerprint density at radius 3 is 2.53 bits per heavy atom.